The third-order valence-corrected chi connectivity index (χ3v) is 4.71. The van der Waals surface area contributed by atoms with Crippen molar-refractivity contribution in [2.24, 2.45) is 11.8 Å². The highest BCUT2D eigenvalue weighted by atomic mass is 16.5. The highest BCUT2D eigenvalue weighted by Gasteiger charge is 2.48. The SMILES string of the molecule is CCC=CCC=CCC(O)C=CC(O)C1CC1C1CCCC(=O)O1. The van der Waals surface area contributed by atoms with E-state index >= 15 is 0 Å². The van der Waals surface area contributed by atoms with E-state index in [9.17, 15) is 15.0 Å². The van der Waals surface area contributed by atoms with Crippen LogP contribution in [0, 0.1) is 11.8 Å². The molecular weight excluding hydrogens is 304 g/mol. The summed E-state index contributed by atoms with van der Waals surface area (Å²) in [4.78, 5) is 11.3. The molecule has 1 saturated carbocycles. The van der Waals surface area contributed by atoms with Crippen LogP contribution >= 0.6 is 0 Å². The van der Waals surface area contributed by atoms with Crippen LogP contribution in [0.3, 0.4) is 0 Å². The monoisotopic (exact) mass is 334 g/mol. The van der Waals surface area contributed by atoms with Crippen molar-refractivity contribution in [3.05, 3.63) is 36.5 Å². The summed E-state index contributed by atoms with van der Waals surface area (Å²) in [7, 11) is 0. The number of carbonyl (C=O) groups excluding carboxylic acids is 1. The third-order valence-electron chi connectivity index (χ3n) is 4.71. The van der Waals surface area contributed by atoms with Crippen LogP contribution < -0.4 is 0 Å². The van der Waals surface area contributed by atoms with E-state index in [4.69, 9.17) is 4.74 Å². The molecule has 2 rings (SSSR count). The lowest BCUT2D eigenvalue weighted by Crippen LogP contribution is -2.27. The first-order valence-electron chi connectivity index (χ1n) is 9.15. The molecule has 1 saturated heterocycles. The number of allylic oxidation sites excluding steroid dienone is 3. The predicted molar refractivity (Wildman–Crippen MR) is 94.3 cm³/mol. The lowest BCUT2D eigenvalue weighted by Gasteiger charge is -2.22. The van der Waals surface area contributed by atoms with Crippen LogP contribution in [0.5, 0.6) is 0 Å². The van der Waals surface area contributed by atoms with Crippen LogP contribution in [0.2, 0.25) is 0 Å². The Labute approximate surface area is 144 Å². The number of rotatable bonds is 9. The molecule has 2 fully saturated rings. The molecule has 1 aliphatic carbocycles. The predicted octanol–water partition coefficient (Wildman–Crippen LogP) is 3.30. The zero-order valence-electron chi connectivity index (χ0n) is 14.5. The minimum Gasteiger partial charge on any atom is -0.462 e. The standard InChI is InChI=1S/C20H30O4/c1-2-3-4-5-6-7-9-15(21)12-13-18(22)16-14-17(16)19-10-8-11-20(23)24-19/h3-4,6-7,12-13,15-19,21-22H,2,5,8-11,14H2,1H3. The molecule has 0 bridgehead atoms. The van der Waals surface area contributed by atoms with Gasteiger partial charge in [-0.2, -0.15) is 0 Å². The number of hydrogen-bond donors (Lipinski definition) is 2. The molecule has 0 aromatic rings. The maximum Gasteiger partial charge on any atom is 0.306 e. The number of cyclic esters (lactones) is 1. The second-order valence-corrected chi connectivity index (χ2v) is 6.75. The van der Waals surface area contributed by atoms with Crippen LogP contribution in [0.4, 0.5) is 0 Å². The molecule has 2 aliphatic rings. The number of carbonyl (C=O) groups is 1. The Morgan fingerprint density at radius 3 is 2.75 bits per heavy atom. The number of aliphatic hydroxyl groups is 2. The fourth-order valence-electron chi connectivity index (χ4n) is 3.23. The average molecular weight is 334 g/mol. The van der Waals surface area contributed by atoms with E-state index in [0.29, 0.717) is 12.8 Å². The van der Waals surface area contributed by atoms with Gasteiger partial charge in [-0.1, -0.05) is 43.4 Å². The summed E-state index contributed by atoms with van der Waals surface area (Å²) in [6.45, 7) is 2.10. The molecule has 2 N–H and O–H groups in total. The van der Waals surface area contributed by atoms with Gasteiger partial charge in [0.25, 0.3) is 0 Å². The third kappa shape index (κ3) is 6.25. The minimum absolute atomic E-state index is 0.0247. The van der Waals surface area contributed by atoms with Gasteiger partial charge in [-0.25, -0.2) is 0 Å². The quantitative estimate of drug-likeness (QED) is 0.501. The second-order valence-electron chi connectivity index (χ2n) is 6.75. The summed E-state index contributed by atoms with van der Waals surface area (Å²) in [5, 5.41) is 20.1. The van der Waals surface area contributed by atoms with E-state index < -0.39 is 12.2 Å². The van der Waals surface area contributed by atoms with Crippen molar-refractivity contribution in [3.8, 4) is 0 Å². The Bertz CT molecular complexity index is 480. The van der Waals surface area contributed by atoms with Crippen molar-refractivity contribution in [1.29, 1.82) is 0 Å². The molecule has 1 heterocycles. The van der Waals surface area contributed by atoms with Gasteiger partial charge in [0.15, 0.2) is 0 Å². The zero-order chi connectivity index (χ0) is 17.4. The first-order chi connectivity index (χ1) is 11.6. The van der Waals surface area contributed by atoms with Crippen LogP contribution in [0.25, 0.3) is 0 Å². The normalized spacial score (nSPS) is 30.1. The average Bonchev–Trinajstić information content (AvgIpc) is 3.36. The number of ether oxygens (including phenoxy) is 1. The fourth-order valence-corrected chi connectivity index (χ4v) is 3.23. The van der Waals surface area contributed by atoms with E-state index in [0.717, 1.165) is 32.1 Å². The van der Waals surface area contributed by atoms with Gasteiger partial charge in [0, 0.05) is 12.3 Å². The van der Waals surface area contributed by atoms with E-state index in [1.54, 1.807) is 12.2 Å². The smallest absolute Gasteiger partial charge is 0.306 e. The number of aliphatic hydroxyl groups excluding tert-OH is 2. The van der Waals surface area contributed by atoms with Gasteiger partial charge in [0.1, 0.15) is 6.10 Å². The topological polar surface area (TPSA) is 66.8 Å². The van der Waals surface area contributed by atoms with Crippen molar-refractivity contribution in [1.82, 2.24) is 0 Å². The van der Waals surface area contributed by atoms with Crippen LogP contribution in [0.1, 0.15) is 51.9 Å². The van der Waals surface area contributed by atoms with E-state index in [-0.39, 0.29) is 23.9 Å². The molecule has 5 unspecified atom stereocenters. The molecule has 4 nitrogen and oxygen atoms in total. The molecule has 0 spiro atoms. The maximum absolute atomic E-state index is 11.3. The van der Waals surface area contributed by atoms with E-state index in [1.807, 2.05) is 12.2 Å². The van der Waals surface area contributed by atoms with Gasteiger partial charge >= 0.3 is 5.97 Å². The highest BCUT2D eigenvalue weighted by Crippen LogP contribution is 2.47. The van der Waals surface area contributed by atoms with Crippen molar-refractivity contribution < 1.29 is 19.7 Å². The van der Waals surface area contributed by atoms with Crippen LogP contribution in [-0.4, -0.2) is 34.5 Å². The molecule has 134 valence electrons. The van der Waals surface area contributed by atoms with Crippen LogP contribution in [0.15, 0.2) is 36.5 Å². The second kappa shape index (κ2) is 9.80. The van der Waals surface area contributed by atoms with Gasteiger partial charge in [0.2, 0.25) is 0 Å². The Morgan fingerprint density at radius 1 is 1.21 bits per heavy atom. The molecule has 4 heteroatoms. The molecule has 0 amide bonds. The summed E-state index contributed by atoms with van der Waals surface area (Å²) < 4.78 is 5.37. The van der Waals surface area contributed by atoms with Crippen molar-refractivity contribution in [2.45, 2.75) is 70.2 Å². The highest BCUT2D eigenvalue weighted by molar-refractivity contribution is 5.70. The zero-order valence-corrected chi connectivity index (χ0v) is 14.5. The molecule has 5 atom stereocenters. The van der Waals surface area contributed by atoms with Crippen LogP contribution in [-0.2, 0) is 9.53 Å². The van der Waals surface area contributed by atoms with Crippen molar-refractivity contribution in [2.75, 3.05) is 0 Å². The fraction of sp³-hybridized carbons (Fsp3) is 0.650. The summed E-state index contributed by atoms with van der Waals surface area (Å²) in [6.07, 6.45) is 16.1. The Morgan fingerprint density at radius 2 is 2.00 bits per heavy atom. The Balaban J connectivity index is 1.66. The number of esters is 1. The summed E-state index contributed by atoms with van der Waals surface area (Å²) in [6, 6.07) is 0. The number of hydrogen-bond acceptors (Lipinski definition) is 4. The first-order valence-corrected chi connectivity index (χ1v) is 9.15. The molecule has 24 heavy (non-hydrogen) atoms. The van der Waals surface area contributed by atoms with Gasteiger partial charge < -0.3 is 14.9 Å². The van der Waals surface area contributed by atoms with Gasteiger partial charge in [-0.05, 0) is 44.4 Å². The summed E-state index contributed by atoms with van der Waals surface area (Å²) in [5.74, 6) is 0.313. The maximum atomic E-state index is 11.3. The molecule has 0 aromatic heterocycles. The molecular formula is C20H30O4. The summed E-state index contributed by atoms with van der Waals surface area (Å²) >= 11 is 0. The minimum atomic E-state index is -0.573. The first kappa shape index (κ1) is 18.9. The van der Waals surface area contributed by atoms with E-state index in [1.165, 1.54) is 0 Å². The lowest BCUT2D eigenvalue weighted by molar-refractivity contribution is -0.155. The van der Waals surface area contributed by atoms with E-state index in [2.05, 4.69) is 19.1 Å². The summed E-state index contributed by atoms with van der Waals surface area (Å²) in [5.41, 5.74) is 0. The molecule has 0 aromatic carbocycles. The Hall–Kier alpha value is -1.39. The van der Waals surface area contributed by atoms with Gasteiger partial charge in [-0.15, -0.1) is 0 Å². The molecule has 1 aliphatic heterocycles. The van der Waals surface area contributed by atoms with Crippen molar-refractivity contribution in [3.63, 3.8) is 0 Å². The van der Waals surface area contributed by atoms with Crippen molar-refractivity contribution >= 4 is 5.97 Å². The van der Waals surface area contributed by atoms with Gasteiger partial charge in [0.05, 0.1) is 12.2 Å². The molecule has 0 radical (unpaired) electrons. The lowest BCUT2D eigenvalue weighted by atomic mass is 10.0. The van der Waals surface area contributed by atoms with Gasteiger partial charge in [-0.3, -0.25) is 4.79 Å². The largest absolute Gasteiger partial charge is 0.462 e. The Kier molecular flexibility index (Phi) is 7.73.